The SMILES string of the molecule is CS(=O)CCNCCC(=O)OC(C)(C)C. The van der Waals surface area contributed by atoms with E-state index in [1.165, 1.54) is 0 Å². The number of carbonyl (C=O) groups is 1. The van der Waals surface area contributed by atoms with E-state index in [2.05, 4.69) is 5.32 Å². The molecule has 0 aromatic rings. The van der Waals surface area contributed by atoms with E-state index < -0.39 is 16.4 Å². The molecule has 0 saturated heterocycles. The lowest BCUT2D eigenvalue weighted by Gasteiger charge is -2.19. The van der Waals surface area contributed by atoms with Crippen molar-refractivity contribution >= 4 is 16.8 Å². The molecule has 1 N–H and O–H groups in total. The van der Waals surface area contributed by atoms with Gasteiger partial charge in [-0.05, 0) is 20.8 Å². The zero-order valence-corrected chi connectivity index (χ0v) is 10.8. The molecular weight excluding hydrogens is 214 g/mol. The quantitative estimate of drug-likeness (QED) is 0.543. The normalized spacial score (nSPS) is 13.6. The summed E-state index contributed by atoms with van der Waals surface area (Å²) in [6.07, 6.45) is 2.02. The van der Waals surface area contributed by atoms with Crippen LogP contribution in [0.2, 0.25) is 0 Å². The van der Waals surface area contributed by atoms with Crippen molar-refractivity contribution < 1.29 is 13.7 Å². The summed E-state index contributed by atoms with van der Waals surface area (Å²) in [6.45, 7) is 6.79. The van der Waals surface area contributed by atoms with Gasteiger partial charge < -0.3 is 10.1 Å². The molecule has 0 heterocycles. The lowest BCUT2D eigenvalue weighted by atomic mass is 10.2. The van der Waals surface area contributed by atoms with Crippen molar-refractivity contribution in [1.82, 2.24) is 5.32 Å². The average molecular weight is 235 g/mol. The Morgan fingerprint density at radius 1 is 1.33 bits per heavy atom. The van der Waals surface area contributed by atoms with Crippen LogP contribution >= 0.6 is 0 Å². The molecule has 0 aliphatic heterocycles. The molecule has 0 spiro atoms. The molecule has 90 valence electrons. The van der Waals surface area contributed by atoms with Crippen LogP contribution in [0, 0.1) is 0 Å². The predicted octanol–water partition coefficient (Wildman–Crippen LogP) is 0.686. The first kappa shape index (κ1) is 14.6. The molecule has 1 atom stereocenters. The highest BCUT2D eigenvalue weighted by atomic mass is 32.2. The van der Waals surface area contributed by atoms with Crippen LogP contribution in [0.1, 0.15) is 27.2 Å². The highest BCUT2D eigenvalue weighted by Crippen LogP contribution is 2.07. The molecule has 1 unspecified atom stereocenters. The monoisotopic (exact) mass is 235 g/mol. The van der Waals surface area contributed by atoms with Gasteiger partial charge in [0.05, 0.1) is 6.42 Å². The second kappa shape index (κ2) is 6.95. The summed E-state index contributed by atoms with van der Waals surface area (Å²) in [6, 6.07) is 0. The summed E-state index contributed by atoms with van der Waals surface area (Å²) in [7, 11) is -0.774. The summed E-state index contributed by atoms with van der Waals surface area (Å²) in [5.41, 5.74) is -0.415. The largest absolute Gasteiger partial charge is 0.460 e. The number of rotatable bonds is 6. The van der Waals surface area contributed by atoms with Gasteiger partial charge >= 0.3 is 5.97 Å². The van der Waals surface area contributed by atoms with Gasteiger partial charge in [-0.1, -0.05) is 0 Å². The molecule has 0 aliphatic rings. The zero-order valence-electron chi connectivity index (χ0n) is 9.96. The first-order valence-electron chi connectivity index (χ1n) is 5.04. The van der Waals surface area contributed by atoms with Crippen LogP contribution in [0.15, 0.2) is 0 Å². The van der Waals surface area contributed by atoms with E-state index in [4.69, 9.17) is 4.74 Å². The maximum atomic E-state index is 11.2. The molecule has 0 fully saturated rings. The van der Waals surface area contributed by atoms with Crippen molar-refractivity contribution in [2.45, 2.75) is 32.8 Å². The number of hydrogen-bond donors (Lipinski definition) is 1. The molecule has 5 heteroatoms. The van der Waals surface area contributed by atoms with E-state index in [9.17, 15) is 9.00 Å². The van der Waals surface area contributed by atoms with Crippen molar-refractivity contribution in [3.8, 4) is 0 Å². The van der Waals surface area contributed by atoms with Gasteiger partial charge in [0.15, 0.2) is 0 Å². The maximum Gasteiger partial charge on any atom is 0.307 e. The van der Waals surface area contributed by atoms with Gasteiger partial charge in [-0.2, -0.15) is 0 Å². The Balaban J connectivity index is 3.44. The summed E-state index contributed by atoms with van der Waals surface area (Å²) in [4.78, 5) is 11.2. The first-order valence-corrected chi connectivity index (χ1v) is 6.76. The molecule has 0 saturated carbocycles. The van der Waals surface area contributed by atoms with E-state index in [-0.39, 0.29) is 5.97 Å². The van der Waals surface area contributed by atoms with Crippen LogP contribution in [0.3, 0.4) is 0 Å². The van der Waals surface area contributed by atoms with E-state index in [1.54, 1.807) is 6.26 Å². The third-order valence-electron chi connectivity index (χ3n) is 1.49. The molecule has 0 aromatic heterocycles. The lowest BCUT2D eigenvalue weighted by Crippen LogP contribution is -2.28. The number of nitrogens with one attached hydrogen (secondary N) is 1. The minimum atomic E-state index is -0.774. The second-order valence-electron chi connectivity index (χ2n) is 4.36. The van der Waals surface area contributed by atoms with Crippen LogP contribution in [0.4, 0.5) is 0 Å². The maximum absolute atomic E-state index is 11.2. The number of hydrogen-bond acceptors (Lipinski definition) is 4. The molecule has 0 radical (unpaired) electrons. The first-order chi connectivity index (χ1) is 6.81. The van der Waals surface area contributed by atoms with Crippen molar-refractivity contribution in [3.63, 3.8) is 0 Å². The van der Waals surface area contributed by atoms with E-state index in [0.717, 1.165) is 0 Å². The molecule has 4 nitrogen and oxygen atoms in total. The zero-order chi connectivity index (χ0) is 11.9. The van der Waals surface area contributed by atoms with Gasteiger partial charge in [0.25, 0.3) is 0 Å². The summed E-state index contributed by atoms with van der Waals surface area (Å²) in [5, 5.41) is 3.04. The van der Waals surface area contributed by atoms with Crippen LogP contribution in [0.25, 0.3) is 0 Å². The van der Waals surface area contributed by atoms with Gasteiger partial charge in [-0.15, -0.1) is 0 Å². The topological polar surface area (TPSA) is 55.4 Å². The van der Waals surface area contributed by atoms with Crippen molar-refractivity contribution in [2.75, 3.05) is 25.1 Å². The van der Waals surface area contributed by atoms with Crippen LogP contribution < -0.4 is 5.32 Å². The Kier molecular flexibility index (Phi) is 6.76. The molecule has 0 amide bonds. The smallest absolute Gasteiger partial charge is 0.307 e. The fraction of sp³-hybridized carbons (Fsp3) is 0.900. The second-order valence-corrected chi connectivity index (χ2v) is 5.92. The Bertz CT molecular complexity index is 223. The fourth-order valence-electron chi connectivity index (χ4n) is 0.924. The van der Waals surface area contributed by atoms with Gasteiger partial charge in [-0.25, -0.2) is 0 Å². The van der Waals surface area contributed by atoms with Crippen LogP contribution in [-0.2, 0) is 20.3 Å². The summed E-state index contributed by atoms with van der Waals surface area (Å²) < 4.78 is 15.8. The third-order valence-corrected chi connectivity index (χ3v) is 2.27. The minimum Gasteiger partial charge on any atom is -0.460 e. The van der Waals surface area contributed by atoms with Gasteiger partial charge in [0.1, 0.15) is 5.60 Å². The fourth-order valence-corrected chi connectivity index (χ4v) is 1.36. The predicted molar refractivity (Wildman–Crippen MR) is 62.3 cm³/mol. The van der Waals surface area contributed by atoms with E-state index in [1.807, 2.05) is 20.8 Å². The standard InChI is InChI=1S/C10H21NO3S/c1-10(2,3)14-9(12)5-6-11-7-8-15(4)13/h11H,5-8H2,1-4H3. The van der Waals surface area contributed by atoms with Gasteiger partial charge in [-0.3, -0.25) is 9.00 Å². The molecule has 0 aromatic carbocycles. The van der Waals surface area contributed by atoms with E-state index >= 15 is 0 Å². The Hall–Kier alpha value is -0.420. The van der Waals surface area contributed by atoms with Crippen LogP contribution in [0.5, 0.6) is 0 Å². The summed E-state index contributed by atoms with van der Waals surface area (Å²) in [5.74, 6) is 0.418. The molecule has 0 rings (SSSR count). The number of carbonyl (C=O) groups excluding carboxylic acids is 1. The minimum absolute atomic E-state index is 0.201. The highest BCUT2D eigenvalue weighted by Gasteiger charge is 2.15. The van der Waals surface area contributed by atoms with Gasteiger partial charge in [0.2, 0.25) is 0 Å². The third kappa shape index (κ3) is 11.5. The Morgan fingerprint density at radius 2 is 1.93 bits per heavy atom. The molecule has 0 aliphatic carbocycles. The average Bonchev–Trinajstić information content (AvgIpc) is 1.99. The Morgan fingerprint density at radius 3 is 2.40 bits per heavy atom. The molecular formula is C10H21NO3S. The molecule has 0 bridgehead atoms. The Labute approximate surface area is 94.2 Å². The van der Waals surface area contributed by atoms with Gasteiger partial charge in [0, 0.05) is 35.9 Å². The lowest BCUT2D eigenvalue weighted by molar-refractivity contribution is -0.154. The van der Waals surface area contributed by atoms with Crippen molar-refractivity contribution in [3.05, 3.63) is 0 Å². The summed E-state index contributed by atoms with van der Waals surface area (Å²) >= 11 is 0. The highest BCUT2D eigenvalue weighted by molar-refractivity contribution is 7.84. The van der Waals surface area contributed by atoms with E-state index in [0.29, 0.717) is 25.3 Å². The van der Waals surface area contributed by atoms with Crippen molar-refractivity contribution in [2.24, 2.45) is 0 Å². The number of esters is 1. The number of ether oxygens (including phenoxy) is 1. The van der Waals surface area contributed by atoms with Crippen LogP contribution in [-0.4, -0.2) is 40.9 Å². The molecule has 15 heavy (non-hydrogen) atoms. The van der Waals surface area contributed by atoms with Crippen molar-refractivity contribution in [1.29, 1.82) is 0 Å².